The third-order valence-corrected chi connectivity index (χ3v) is 9.35. The Morgan fingerprint density at radius 2 is 0.956 bits per heavy atom. The molecular formula is C43H29NO. The second kappa shape index (κ2) is 10.1. The van der Waals surface area contributed by atoms with Crippen molar-refractivity contribution < 1.29 is 4.42 Å². The molecule has 0 spiro atoms. The molecule has 0 amide bonds. The summed E-state index contributed by atoms with van der Waals surface area (Å²) in [6.07, 6.45) is 0. The van der Waals surface area contributed by atoms with E-state index in [1.54, 1.807) is 0 Å². The van der Waals surface area contributed by atoms with Crippen LogP contribution in [-0.2, 0) is 5.41 Å². The zero-order chi connectivity index (χ0) is 29.8. The fourth-order valence-corrected chi connectivity index (χ4v) is 7.48. The Morgan fingerprint density at radius 1 is 0.400 bits per heavy atom. The van der Waals surface area contributed by atoms with Gasteiger partial charge in [-0.3, -0.25) is 0 Å². The summed E-state index contributed by atoms with van der Waals surface area (Å²) in [4.78, 5) is 2.31. The maximum atomic E-state index is 6.66. The molecule has 7 aromatic carbocycles. The van der Waals surface area contributed by atoms with E-state index in [9.17, 15) is 0 Å². The van der Waals surface area contributed by atoms with Crippen LogP contribution < -0.4 is 4.90 Å². The minimum Gasteiger partial charge on any atom is -0.455 e. The van der Waals surface area contributed by atoms with E-state index in [0.717, 1.165) is 39.0 Å². The highest BCUT2D eigenvalue weighted by atomic mass is 16.3. The summed E-state index contributed by atoms with van der Waals surface area (Å²) in [5.41, 5.74) is 12.1. The molecule has 0 radical (unpaired) electrons. The molecule has 0 N–H and O–H groups in total. The van der Waals surface area contributed by atoms with Gasteiger partial charge in [0.25, 0.3) is 0 Å². The Labute approximate surface area is 262 Å². The lowest BCUT2D eigenvalue weighted by atomic mass is 9.67. The third kappa shape index (κ3) is 3.76. The molecule has 2 nitrogen and oxygen atoms in total. The Morgan fingerprint density at radius 3 is 1.67 bits per heavy atom. The fraction of sp³-hybridized carbons (Fsp3) is 0.0233. The van der Waals surface area contributed by atoms with Gasteiger partial charge in [0.15, 0.2) is 0 Å². The number of benzene rings is 7. The van der Waals surface area contributed by atoms with Crippen LogP contribution in [0.4, 0.5) is 17.1 Å². The van der Waals surface area contributed by atoms with Crippen LogP contribution in [0.2, 0.25) is 0 Å². The monoisotopic (exact) mass is 575 g/mol. The van der Waals surface area contributed by atoms with Gasteiger partial charge in [0.1, 0.15) is 11.2 Å². The van der Waals surface area contributed by atoms with Gasteiger partial charge in [-0.15, -0.1) is 0 Å². The minimum absolute atomic E-state index is 0.511. The molecule has 0 fully saturated rings. The van der Waals surface area contributed by atoms with E-state index in [4.69, 9.17) is 4.42 Å². The number of hydrogen-bond acceptors (Lipinski definition) is 2. The molecule has 1 aliphatic rings. The van der Waals surface area contributed by atoms with Crippen molar-refractivity contribution in [1.29, 1.82) is 0 Å². The highest BCUT2D eigenvalue weighted by Crippen LogP contribution is 2.58. The summed E-state index contributed by atoms with van der Waals surface area (Å²) in [6, 6.07) is 63.0. The second-order valence-electron chi connectivity index (χ2n) is 11.7. The highest BCUT2D eigenvalue weighted by molar-refractivity contribution is 6.12. The van der Waals surface area contributed by atoms with Crippen LogP contribution in [0.15, 0.2) is 180 Å². The number of nitrogens with zero attached hydrogens (tertiary/aromatic N) is 1. The van der Waals surface area contributed by atoms with Gasteiger partial charge in [0.05, 0.1) is 5.41 Å². The largest absolute Gasteiger partial charge is 0.455 e. The molecule has 2 heteroatoms. The number of anilines is 3. The number of para-hydroxylation sites is 3. The molecule has 1 aliphatic carbocycles. The van der Waals surface area contributed by atoms with Gasteiger partial charge in [-0.25, -0.2) is 0 Å². The van der Waals surface area contributed by atoms with Crippen molar-refractivity contribution in [3.63, 3.8) is 0 Å². The third-order valence-electron chi connectivity index (χ3n) is 9.35. The van der Waals surface area contributed by atoms with E-state index < -0.39 is 5.41 Å². The standard InChI is InChI=1S/C43H29NO/c1-4-14-30(15-5-1)43(31-24-26-34(27-25-31)44(32-16-6-2-7-17-32)33-18-8-3-9-19-33)38-22-12-10-21-37(38)41-39(43)29-28-36-35-20-11-13-23-40(35)45-42(36)41/h1-29H. The van der Waals surface area contributed by atoms with E-state index in [1.807, 2.05) is 6.07 Å². The lowest BCUT2D eigenvalue weighted by Crippen LogP contribution is -2.28. The quantitative estimate of drug-likeness (QED) is 0.203. The first-order valence-corrected chi connectivity index (χ1v) is 15.4. The molecule has 8 aromatic rings. The molecule has 9 rings (SSSR count). The molecule has 212 valence electrons. The molecular weight excluding hydrogens is 546 g/mol. The number of furan rings is 1. The summed E-state index contributed by atoms with van der Waals surface area (Å²) in [7, 11) is 0. The van der Waals surface area contributed by atoms with Crippen molar-refractivity contribution in [2.45, 2.75) is 5.41 Å². The fourth-order valence-electron chi connectivity index (χ4n) is 7.48. The highest BCUT2D eigenvalue weighted by Gasteiger charge is 2.47. The maximum Gasteiger partial charge on any atom is 0.143 e. The van der Waals surface area contributed by atoms with E-state index >= 15 is 0 Å². The average molecular weight is 576 g/mol. The Balaban J connectivity index is 1.31. The lowest BCUT2D eigenvalue weighted by molar-refractivity contribution is 0.669. The number of fused-ring (bicyclic) bond motifs is 7. The topological polar surface area (TPSA) is 16.4 Å². The van der Waals surface area contributed by atoms with Gasteiger partial charge in [0.2, 0.25) is 0 Å². The Hall–Kier alpha value is -5.86. The predicted octanol–water partition coefficient (Wildman–Crippen LogP) is 11.4. The summed E-state index contributed by atoms with van der Waals surface area (Å²) in [5, 5.41) is 2.30. The van der Waals surface area contributed by atoms with Crippen molar-refractivity contribution in [2.75, 3.05) is 4.90 Å². The molecule has 1 unspecified atom stereocenters. The average Bonchev–Trinajstić information content (AvgIpc) is 3.64. The molecule has 0 saturated heterocycles. The van der Waals surface area contributed by atoms with Crippen LogP contribution >= 0.6 is 0 Å². The van der Waals surface area contributed by atoms with Crippen molar-refractivity contribution in [2.24, 2.45) is 0 Å². The summed E-state index contributed by atoms with van der Waals surface area (Å²) >= 11 is 0. The molecule has 1 heterocycles. The summed E-state index contributed by atoms with van der Waals surface area (Å²) in [5.74, 6) is 0. The van der Waals surface area contributed by atoms with E-state index in [0.29, 0.717) is 0 Å². The van der Waals surface area contributed by atoms with Crippen LogP contribution in [-0.4, -0.2) is 0 Å². The molecule has 0 aliphatic heterocycles. The first-order chi connectivity index (χ1) is 22.3. The van der Waals surface area contributed by atoms with Crippen molar-refractivity contribution >= 4 is 39.0 Å². The zero-order valence-corrected chi connectivity index (χ0v) is 24.6. The van der Waals surface area contributed by atoms with Gasteiger partial charge in [-0.05, 0) is 70.3 Å². The SMILES string of the molecule is c1ccc(N(c2ccccc2)c2ccc(C3(c4ccccc4)c4ccccc4-c4c3ccc3c4oc4ccccc43)cc2)cc1. The summed E-state index contributed by atoms with van der Waals surface area (Å²) in [6.45, 7) is 0. The first kappa shape index (κ1) is 25.6. The second-order valence-corrected chi connectivity index (χ2v) is 11.7. The van der Waals surface area contributed by atoms with Gasteiger partial charge >= 0.3 is 0 Å². The number of rotatable bonds is 5. The van der Waals surface area contributed by atoms with E-state index in [1.165, 1.54) is 33.4 Å². The molecule has 1 aromatic heterocycles. The first-order valence-electron chi connectivity index (χ1n) is 15.4. The van der Waals surface area contributed by atoms with Gasteiger partial charge in [0, 0.05) is 33.4 Å². The maximum absolute atomic E-state index is 6.66. The van der Waals surface area contributed by atoms with Crippen LogP contribution in [0.5, 0.6) is 0 Å². The van der Waals surface area contributed by atoms with Crippen LogP contribution in [0, 0.1) is 0 Å². The molecule has 1 atom stereocenters. The molecule has 45 heavy (non-hydrogen) atoms. The van der Waals surface area contributed by atoms with E-state index in [2.05, 4.69) is 175 Å². The Kier molecular flexibility index (Phi) is 5.76. The van der Waals surface area contributed by atoms with Gasteiger partial charge in [-0.2, -0.15) is 0 Å². The zero-order valence-electron chi connectivity index (χ0n) is 24.6. The Bertz CT molecular complexity index is 2270. The minimum atomic E-state index is -0.511. The van der Waals surface area contributed by atoms with Gasteiger partial charge < -0.3 is 9.32 Å². The summed E-state index contributed by atoms with van der Waals surface area (Å²) < 4.78 is 6.66. The molecule has 0 bridgehead atoms. The number of hydrogen-bond donors (Lipinski definition) is 0. The van der Waals surface area contributed by atoms with E-state index in [-0.39, 0.29) is 0 Å². The smallest absolute Gasteiger partial charge is 0.143 e. The van der Waals surface area contributed by atoms with Crippen LogP contribution in [0.1, 0.15) is 22.3 Å². The van der Waals surface area contributed by atoms with Gasteiger partial charge in [-0.1, -0.05) is 133 Å². The van der Waals surface area contributed by atoms with Crippen molar-refractivity contribution in [3.05, 3.63) is 198 Å². The normalized spacial score (nSPS) is 15.2. The molecule has 0 saturated carbocycles. The lowest BCUT2D eigenvalue weighted by Gasteiger charge is -2.34. The van der Waals surface area contributed by atoms with Crippen molar-refractivity contribution in [3.8, 4) is 11.1 Å². The van der Waals surface area contributed by atoms with Crippen molar-refractivity contribution in [1.82, 2.24) is 0 Å². The van der Waals surface area contributed by atoms with Crippen LogP contribution in [0.25, 0.3) is 33.1 Å². The predicted molar refractivity (Wildman–Crippen MR) is 186 cm³/mol. The van der Waals surface area contributed by atoms with Crippen LogP contribution in [0.3, 0.4) is 0 Å².